The highest BCUT2D eigenvalue weighted by atomic mass is 16.5. The van der Waals surface area contributed by atoms with Crippen molar-refractivity contribution in [1.82, 2.24) is 30.3 Å². The first-order chi connectivity index (χ1) is 12.3. The molecule has 4 rings (SSSR count). The second kappa shape index (κ2) is 7.04. The molecule has 1 saturated carbocycles. The number of nitrogens with zero attached hydrogens (tertiary/aromatic N) is 6. The molecule has 1 aliphatic carbocycles. The van der Waals surface area contributed by atoms with Crippen molar-refractivity contribution in [3.8, 4) is 0 Å². The van der Waals surface area contributed by atoms with Crippen molar-refractivity contribution in [3.63, 3.8) is 0 Å². The van der Waals surface area contributed by atoms with Crippen LogP contribution >= 0.6 is 0 Å². The van der Waals surface area contributed by atoms with Crippen LogP contribution in [-0.2, 0) is 6.42 Å². The van der Waals surface area contributed by atoms with E-state index in [4.69, 9.17) is 4.52 Å². The Hall–Kier alpha value is -2.71. The Morgan fingerprint density at radius 1 is 1.24 bits per heavy atom. The number of hydrogen-bond donors (Lipinski definition) is 1. The predicted molar refractivity (Wildman–Crippen MR) is 89.2 cm³/mol. The van der Waals surface area contributed by atoms with Gasteiger partial charge in [-0.2, -0.15) is 4.98 Å². The normalized spacial score (nSPS) is 17.6. The molecule has 2 amide bonds. The maximum absolute atomic E-state index is 12.3. The van der Waals surface area contributed by atoms with E-state index in [0.717, 1.165) is 37.6 Å². The van der Waals surface area contributed by atoms with Gasteiger partial charge in [-0.05, 0) is 12.8 Å². The first-order valence-corrected chi connectivity index (χ1v) is 8.66. The number of urea groups is 1. The molecule has 25 heavy (non-hydrogen) atoms. The molecule has 1 saturated heterocycles. The summed E-state index contributed by atoms with van der Waals surface area (Å²) >= 11 is 0. The predicted octanol–water partition coefficient (Wildman–Crippen LogP) is 0.811. The molecule has 3 heterocycles. The summed E-state index contributed by atoms with van der Waals surface area (Å²) in [5, 5.41) is 6.90. The smallest absolute Gasteiger partial charge is 0.317 e. The van der Waals surface area contributed by atoms with Crippen LogP contribution in [0.2, 0.25) is 0 Å². The quantitative estimate of drug-likeness (QED) is 0.857. The number of anilines is 1. The van der Waals surface area contributed by atoms with E-state index in [0.29, 0.717) is 37.9 Å². The largest absolute Gasteiger partial charge is 0.352 e. The van der Waals surface area contributed by atoms with E-state index >= 15 is 0 Å². The number of rotatable bonds is 5. The third kappa shape index (κ3) is 3.86. The Labute approximate surface area is 145 Å². The lowest BCUT2D eigenvalue weighted by Gasteiger charge is -2.35. The van der Waals surface area contributed by atoms with Gasteiger partial charge in [0.1, 0.15) is 5.82 Å². The second-order valence-electron chi connectivity index (χ2n) is 6.34. The van der Waals surface area contributed by atoms with Gasteiger partial charge in [-0.25, -0.2) is 9.78 Å². The Kier molecular flexibility index (Phi) is 4.45. The first kappa shape index (κ1) is 15.8. The van der Waals surface area contributed by atoms with E-state index in [-0.39, 0.29) is 6.03 Å². The molecule has 0 unspecified atom stereocenters. The molecule has 1 N–H and O–H groups in total. The van der Waals surface area contributed by atoms with Gasteiger partial charge in [-0.1, -0.05) is 5.16 Å². The molecule has 9 nitrogen and oxygen atoms in total. The van der Waals surface area contributed by atoms with Gasteiger partial charge in [-0.15, -0.1) is 0 Å². The molecule has 0 aromatic carbocycles. The van der Waals surface area contributed by atoms with Crippen molar-refractivity contribution in [2.45, 2.75) is 25.2 Å². The van der Waals surface area contributed by atoms with Gasteiger partial charge >= 0.3 is 6.03 Å². The van der Waals surface area contributed by atoms with Crippen LogP contribution in [0.25, 0.3) is 0 Å². The maximum Gasteiger partial charge on any atom is 0.317 e. The fourth-order valence-electron chi connectivity index (χ4n) is 2.86. The first-order valence-electron chi connectivity index (χ1n) is 8.66. The minimum Gasteiger partial charge on any atom is -0.352 e. The fraction of sp³-hybridized carbons (Fsp3) is 0.562. The summed E-state index contributed by atoms with van der Waals surface area (Å²) in [6.45, 7) is 3.32. The Bertz CT molecular complexity index is 708. The molecule has 0 radical (unpaired) electrons. The molecule has 0 spiro atoms. The zero-order valence-electron chi connectivity index (χ0n) is 14.0. The van der Waals surface area contributed by atoms with Crippen molar-refractivity contribution in [2.75, 3.05) is 37.6 Å². The van der Waals surface area contributed by atoms with Gasteiger partial charge in [-0.3, -0.25) is 4.98 Å². The Morgan fingerprint density at radius 3 is 2.80 bits per heavy atom. The highest BCUT2D eigenvalue weighted by Gasteiger charge is 2.28. The zero-order valence-corrected chi connectivity index (χ0v) is 14.0. The highest BCUT2D eigenvalue weighted by Crippen LogP contribution is 2.38. The number of piperazine rings is 1. The summed E-state index contributed by atoms with van der Waals surface area (Å²) in [6, 6.07) is -0.0549. The summed E-state index contributed by atoms with van der Waals surface area (Å²) < 4.78 is 5.21. The highest BCUT2D eigenvalue weighted by molar-refractivity contribution is 5.74. The van der Waals surface area contributed by atoms with Gasteiger partial charge in [0.05, 0.1) is 6.20 Å². The van der Waals surface area contributed by atoms with Crippen LogP contribution in [0.5, 0.6) is 0 Å². The molecule has 1 aliphatic heterocycles. The van der Waals surface area contributed by atoms with Crippen LogP contribution in [0, 0.1) is 0 Å². The van der Waals surface area contributed by atoms with Crippen molar-refractivity contribution in [3.05, 3.63) is 30.3 Å². The van der Waals surface area contributed by atoms with Crippen LogP contribution in [-0.4, -0.2) is 63.8 Å². The molecular formula is C16H21N7O2. The monoisotopic (exact) mass is 343 g/mol. The average Bonchev–Trinajstić information content (AvgIpc) is 3.41. The minimum absolute atomic E-state index is 0.0549. The molecular weight excluding hydrogens is 322 g/mol. The fourth-order valence-corrected chi connectivity index (χ4v) is 2.86. The van der Waals surface area contributed by atoms with E-state index in [9.17, 15) is 4.79 Å². The van der Waals surface area contributed by atoms with E-state index in [1.807, 2.05) is 4.90 Å². The number of carbonyl (C=O) groups excluding carboxylic acids is 1. The van der Waals surface area contributed by atoms with Crippen molar-refractivity contribution in [1.29, 1.82) is 0 Å². The van der Waals surface area contributed by atoms with Gasteiger partial charge in [0, 0.05) is 57.5 Å². The van der Waals surface area contributed by atoms with Crippen molar-refractivity contribution < 1.29 is 9.32 Å². The zero-order chi connectivity index (χ0) is 17.1. The number of nitrogens with one attached hydrogen (secondary N) is 1. The van der Waals surface area contributed by atoms with Gasteiger partial charge < -0.3 is 19.6 Å². The average molecular weight is 343 g/mol. The van der Waals surface area contributed by atoms with Gasteiger partial charge in [0.15, 0.2) is 5.82 Å². The third-order valence-electron chi connectivity index (χ3n) is 4.48. The lowest BCUT2D eigenvalue weighted by Crippen LogP contribution is -2.52. The van der Waals surface area contributed by atoms with Crippen LogP contribution in [0.3, 0.4) is 0 Å². The topological polar surface area (TPSA) is 100 Å². The van der Waals surface area contributed by atoms with Gasteiger partial charge in [0.2, 0.25) is 5.89 Å². The Balaban J connectivity index is 1.19. The van der Waals surface area contributed by atoms with E-state index < -0.39 is 0 Å². The second-order valence-corrected chi connectivity index (χ2v) is 6.34. The van der Waals surface area contributed by atoms with E-state index in [1.165, 1.54) is 0 Å². The van der Waals surface area contributed by atoms with Crippen LogP contribution < -0.4 is 10.2 Å². The summed E-state index contributed by atoms with van der Waals surface area (Å²) in [4.78, 5) is 28.9. The van der Waals surface area contributed by atoms with Gasteiger partial charge in [0.25, 0.3) is 0 Å². The van der Waals surface area contributed by atoms with Crippen LogP contribution in [0.1, 0.15) is 30.5 Å². The molecule has 0 atom stereocenters. The van der Waals surface area contributed by atoms with Crippen LogP contribution in [0.15, 0.2) is 23.1 Å². The summed E-state index contributed by atoms with van der Waals surface area (Å²) in [7, 11) is 0. The van der Waals surface area contributed by atoms with E-state index in [1.54, 1.807) is 18.6 Å². The molecule has 2 aromatic rings. The molecule has 2 aromatic heterocycles. The van der Waals surface area contributed by atoms with Crippen LogP contribution in [0.4, 0.5) is 10.6 Å². The lowest BCUT2D eigenvalue weighted by atomic mass is 10.3. The number of aromatic nitrogens is 4. The molecule has 2 fully saturated rings. The molecule has 132 valence electrons. The van der Waals surface area contributed by atoms with Crippen molar-refractivity contribution >= 4 is 11.8 Å². The number of amides is 2. The van der Waals surface area contributed by atoms with Crippen molar-refractivity contribution in [2.24, 2.45) is 0 Å². The number of hydrogen-bond acceptors (Lipinski definition) is 7. The summed E-state index contributed by atoms with van der Waals surface area (Å²) in [5.41, 5.74) is 0. The summed E-state index contributed by atoms with van der Waals surface area (Å²) in [5.74, 6) is 2.74. The third-order valence-corrected chi connectivity index (χ3v) is 4.48. The lowest BCUT2D eigenvalue weighted by molar-refractivity contribution is 0.194. The summed E-state index contributed by atoms with van der Waals surface area (Å²) in [6.07, 6.45) is 7.94. The minimum atomic E-state index is -0.0549. The molecule has 0 bridgehead atoms. The van der Waals surface area contributed by atoms with E-state index in [2.05, 4.69) is 30.3 Å². The number of carbonyl (C=O) groups is 1. The SMILES string of the molecule is O=C(NCCc1nc(C2CC2)no1)N1CCN(c2cnccn2)CC1. The molecule has 2 aliphatic rings. The molecule has 9 heteroatoms. The maximum atomic E-state index is 12.3. The standard InChI is InChI=1S/C16H21N7O2/c24-16(19-4-3-14-20-15(21-25-14)12-1-2-12)23-9-7-22(8-10-23)13-11-17-5-6-18-13/h5-6,11-12H,1-4,7-10H2,(H,19,24). The Morgan fingerprint density at radius 2 is 2.08 bits per heavy atom.